The van der Waals surface area contributed by atoms with Gasteiger partial charge in [0.1, 0.15) is 5.54 Å². The van der Waals surface area contributed by atoms with Crippen molar-refractivity contribution in [3.8, 4) is 0 Å². The summed E-state index contributed by atoms with van der Waals surface area (Å²) in [6.07, 6.45) is 5.31. The number of hydrogen-bond donors (Lipinski definition) is 1. The van der Waals surface area contributed by atoms with E-state index in [9.17, 15) is 4.79 Å². The van der Waals surface area contributed by atoms with Crippen LogP contribution in [-0.2, 0) is 11.3 Å². The molecule has 21 heavy (non-hydrogen) atoms. The van der Waals surface area contributed by atoms with Crippen LogP contribution >= 0.6 is 0 Å². The number of carbonyl (C=O) groups excluding carboxylic acids is 1. The molecule has 2 aliphatic rings. The molecule has 5 heteroatoms. The molecule has 1 aromatic heterocycles. The zero-order chi connectivity index (χ0) is 14.9. The lowest BCUT2D eigenvalue weighted by Crippen LogP contribution is -2.59. The first-order valence-electron chi connectivity index (χ1n) is 8.21. The van der Waals surface area contributed by atoms with Crippen molar-refractivity contribution in [2.75, 3.05) is 19.6 Å². The van der Waals surface area contributed by atoms with E-state index >= 15 is 0 Å². The van der Waals surface area contributed by atoms with Crippen molar-refractivity contribution in [3.05, 3.63) is 17.5 Å². The maximum Gasteiger partial charge on any atom is 0.243 e. The molecule has 1 N–H and O–H groups in total. The number of aromatic nitrogens is 2. The summed E-state index contributed by atoms with van der Waals surface area (Å²) in [4.78, 5) is 17.5. The fraction of sp³-hybridized carbons (Fsp3) is 0.750. The van der Waals surface area contributed by atoms with Gasteiger partial charge < -0.3 is 4.90 Å². The predicted molar refractivity (Wildman–Crippen MR) is 81.8 cm³/mol. The average molecular weight is 290 g/mol. The average Bonchev–Trinajstić information content (AvgIpc) is 3.04. The Kier molecular flexibility index (Phi) is 4.02. The van der Waals surface area contributed by atoms with Crippen LogP contribution in [0.25, 0.3) is 0 Å². The molecule has 0 aliphatic carbocycles. The Morgan fingerprint density at radius 1 is 1.33 bits per heavy atom. The Bertz CT molecular complexity index is 510. The Hall–Kier alpha value is -1.36. The summed E-state index contributed by atoms with van der Waals surface area (Å²) in [5.41, 5.74) is 1.88. The van der Waals surface area contributed by atoms with Crippen LogP contribution < -0.4 is 0 Å². The highest BCUT2D eigenvalue weighted by Gasteiger charge is 2.50. The van der Waals surface area contributed by atoms with Gasteiger partial charge in [-0.15, -0.1) is 0 Å². The van der Waals surface area contributed by atoms with Crippen LogP contribution in [0.15, 0.2) is 6.07 Å². The maximum absolute atomic E-state index is 13.0. The minimum Gasteiger partial charge on any atom is -0.341 e. The minimum atomic E-state index is -0.250. The third kappa shape index (κ3) is 2.59. The van der Waals surface area contributed by atoms with Crippen LogP contribution in [0.3, 0.4) is 0 Å². The Balaban J connectivity index is 1.79. The molecule has 3 rings (SSSR count). The van der Waals surface area contributed by atoms with Gasteiger partial charge in [0.05, 0.1) is 5.69 Å². The third-order valence-corrected chi connectivity index (χ3v) is 4.93. The van der Waals surface area contributed by atoms with Gasteiger partial charge in [0.15, 0.2) is 0 Å². The summed E-state index contributed by atoms with van der Waals surface area (Å²) in [5.74, 6) is 0.361. The molecule has 1 atom stereocenters. The number of nitrogens with zero attached hydrogens (tertiary/aromatic N) is 3. The lowest BCUT2D eigenvalue weighted by atomic mass is 9.85. The number of aryl methyl sites for hydroxylation is 1. The van der Waals surface area contributed by atoms with Crippen LogP contribution in [0.5, 0.6) is 0 Å². The van der Waals surface area contributed by atoms with Crippen molar-refractivity contribution in [1.82, 2.24) is 20.0 Å². The molecule has 116 valence electrons. The number of amides is 1. The highest BCUT2D eigenvalue weighted by Crippen LogP contribution is 2.39. The maximum atomic E-state index is 13.0. The quantitative estimate of drug-likeness (QED) is 0.924. The number of aromatic amines is 1. The fourth-order valence-electron chi connectivity index (χ4n) is 3.99. The molecule has 2 saturated heterocycles. The van der Waals surface area contributed by atoms with Crippen LogP contribution in [-0.4, -0.2) is 51.1 Å². The van der Waals surface area contributed by atoms with Crippen molar-refractivity contribution >= 4 is 5.91 Å². The molecule has 2 fully saturated rings. The van der Waals surface area contributed by atoms with E-state index in [2.05, 4.69) is 33.0 Å². The summed E-state index contributed by atoms with van der Waals surface area (Å²) in [6.45, 7) is 7.80. The Morgan fingerprint density at radius 2 is 2.10 bits per heavy atom. The highest BCUT2D eigenvalue weighted by molar-refractivity contribution is 5.87. The van der Waals surface area contributed by atoms with E-state index in [0.29, 0.717) is 5.91 Å². The summed E-state index contributed by atoms with van der Waals surface area (Å²) in [7, 11) is 0. The van der Waals surface area contributed by atoms with Crippen LogP contribution in [0.4, 0.5) is 0 Å². The molecular weight excluding hydrogens is 264 g/mol. The first-order valence-corrected chi connectivity index (χ1v) is 8.21. The second-order valence-corrected chi connectivity index (χ2v) is 6.49. The van der Waals surface area contributed by atoms with Crippen LogP contribution in [0.2, 0.25) is 0 Å². The fourth-order valence-corrected chi connectivity index (χ4v) is 3.99. The van der Waals surface area contributed by atoms with E-state index < -0.39 is 0 Å². The number of H-pyrrole nitrogens is 1. The van der Waals surface area contributed by atoms with Crippen molar-refractivity contribution in [2.24, 2.45) is 0 Å². The van der Waals surface area contributed by atoms with E-state index in [1.54, 1.807) is 0 Å². The smallest absolute Gasteiger partial charge is 0.243 e. The van der Waals surface area contributed by atoms with Crippen molar-refractivity contribution in [3.63, 3.8) is 0 Å². The van der Waals surface area contributed by atoms with Gasteiger partial charge in [0.25, 0.3) is 0 Å². The van der Waals surface area contributed by atoms with E-state index in [1.807, 2.05) is 6.92 Å². The normalized spacial score (nSPS) is 27.0. The highest BCUT2D eigenvalue weighted by atomic mass is 16.2. The molecule has 0 aromatic carbocycles. The molecule has 5 nitrogen and oxygen atoms in total. The summed E-state index contributed by atoms with van der Waals surface area (Å²) < 4.78 is 0. The lowest BCUT2D eigenvalue weighted by molar-refractivity contribution is -0.147. The monoisotopic (exact) mass is 290 g/mol. The van der Waals surface area contributed by atoms with E-state index in [1.165, 1.54) is 0 Å². The molecule has 1 aromatic rings. The molecule has 0 radical (unpaired) electrons. The predicted octanol–water partition coefficient (Wildman–Crippen LogP) is 2.09. The minimum absolute atomic E-state index is 0.250. The van der Waals surface area contributed by atoms with Gasteiger partial charge in [-0.3, -0.25) is 14.8 Å². The SMILES string of the molecule is CCCN1CCCC2(CCCN2Cc2cc(C)[nH]n2)C1=O. The molecule has 3 heterocycles. The van der Waals surface area contributed by atoms with Crippen LogP contribution in [0, 0.1) is 6.92 Å². The zero-order valence-electron chi connectivity index (χ0n) is 13.2. The molecule has 0 saturated carbocycles. The van der Waals surface area contributed by atoms with E-state index in [-0.39, 0.29) is 5.54 Å². The molecule has 1 spiro atoms. The molecule has 1 unspecified atom stereocenters. The van der Waals surface area contributed by atoms with Gasteiger partial charge in [0.2, 0.25) is 5.91 Å². The molecule has 0 bridgehead atoms. The Labute approximate surface area is 126 Å². The first kappa shape index (κ1) is 14.6. The summed E-state index contributed by atoms with van der Waals surface area (Å²) >= 11 is 0. The summed E-state index contributed by atoms with van der Waals surface area (Å²) in [6, 6.07) is 2.09. The second-order valence-electron chi connectivity index (χ2n) is 6.49. The van der Waals surface area contributed by atoms with Gasteiger partial charge in [-0.25, -0.2) is 0 Å². The largest absolute Gasteiger partial charge is 0.341 e. The molecular formula is C16H26N4O. The van der Waals surface area contributed by atoms with E-state index in [0.717, 1.165) is 69.7 Å². The Morgan fingerprint density at radius 3 is 2.76 bits per heavy atom. The van der Waals surface area contributed by atoms with Crippen molar-refractivity contribution in [2.45, 2.75) is 58.0 Å². The van der Waals surface area contributed by atoms with Gasteiger partial charge in [-0.2, -0.15) is 5.10 Å². The van der Waals surface area contributed by atoms with Gasteiger partial charge >= 0.3 is 0 Å². The number of hydrogen-bond acceptors (Lipinski definition) is 3. The second kappa shape index (κ2) is 5.79. The van der Waals surface area contributed by atoms with Crippen molar-refractivity contribution in [1.29, 1.82) is 0 Å². The zero-order valence-corrected chi connectivity index (χ0v) is 13.2. The molecule has 2 aliphatic heterocycles. The lowest BCUT2D eigenvalue weighted by Gasteiger charge is -2.44. The van der Waals surface area contributed by atoms with Gasteiger partial charge in [-0.1, -0.05) is 6.92 Å². The van der Waals surface area contributed by atoms with E-state index in [4.69, 9.17) is 0 Å². The van der Waals surface area contributed by atoms with Gasteiger partial charge in [-0.05, 0) is 51.6 Å². The number of rotatable bonds is 4. The van der Waals surface area contributed by atoms with Crippen LogP contribution in [0.1, 0.15) is 50.4 Å². The molecule has 1 amide bonds. The summed E-state index contributed by atoms with van der Waals surface area (Å²) in [5, 5.41) is 7.35. The number of piperidine rings is 1. The van der Waals surface area contributed by atoms with Gasteiger partial charge in [0, 0.05) is 25.3 Å². The topological polar surface area (TPSA) is 52.2 Å². The number of carbonyl (C=O) groups is 1. The first-order chi connectivity index (χ1) is 10.2. The number of likely N-dealkylation sites (tertiary alicyclic amines) is 2. The number of nitrogens with one attached hydrogen (secondary N) is 1. The van der Waals surface area contributed by atoms with Crippen molar-refractivity contribution < 1.29 is 4.79 Å². The standard InChI is InChI=1S/C16H26N4O/c1-3-8-19-9-4-6-16(15(19)21)7-5-10-20(16)12-14-11-13(2)17-18-14/h11H,3-10,12H2,1-2H3,(H,17,18). The third-order valence-electron chi connectivity index (χ3n) is 4.93.